The fourth-order valence-corrected chi connectivity index (χ4v) is 3.41. The maximum atomic E-state index is 12.6. The van der Waals surface area contributed by atoms with Crippen molar-refractivity contribution < 1.29 is 14.0 Å². The van der Waals surface area contributed by atoms with Gasteiger partial charge in [-0.25, -0.2) is 4.98 Å². The molecule has 1 aromatic carbocycles. The van der Waals surface area contributed by atoms with E-state index < -0.39 is 0 Å². The standard InChI is InChI=1S/C21H28N4O3.2ClH/c1-15-4-6-16(7-5-15)18-13-24-19(28-18)8-9-20(26)25-12-2-3-17(14-25)21(27)23-11-10-22;;/h4-7,13,17H,2-3,8-12,14,22H2,1H3,(H,23,27);2*1H. The van der Waals surface area contributed by atoms with Gasteiger partial charge < -0.3 is 20.4 Å². The van der Waals surface area contributed by atoms with Gasteiger partial charge in [-0.15, -0.1) is 24.8 Å². The molecule has 2 aromatic rings. The largest absolute Gasteiger partial charge is 0.441 e. The highest BCUT2D eigenvalue weighted by Crippen LogP contribution is 2.22. The molecule has 3 N–H and O–H groups in total. The van der Waals surface area contributed by atoms with Crippen LogP contribution in [0.3, 0.4) is 0 Å². The number of hydrogen-bond acceptors (Lipinski definition) is 5. The number of aromatic nitrogens is 1. The summed E-state index contributed by atoms with van der Waals surface area (Å²) in [6, 6.07) is 8.04. The Hall–Kier alpha value is -2.09. The van der Waals surface area contributed by atoms with Crippen LogP contribution in [-0.4, -0.2) is 47.9 Å². The second-order valence-electron chi connectivity index (χ2n) is 7.24. The second kappa shape index (κ2) is 12.6. The number of oxazole rings is 1. The molecule has 30 heavy (non-hydrogen) atoms. The number of amides is 2. The second-order valence-corrected chi connectivity index (χ2v) is 7.24. The van der Waals surface area contributed by atoms with Gasteiger partial charge in [-0.05, 0) is 19.8 Å². The molecule has 1 saturated heterocycles. The molecular weight excluding hydrogens is 427 g/mol. The number of hydrogen-bond donors (Lipinski definition) is 2. The van der Waals surface area contributed by atoms with Gasteiger partial charge in [0.15, 0.2) is 11.7 Å². The van der Waals surface area contributed by atoms with Gasteiger partial charge in [0.2, 0.25) is 11.8 Å². The van der Waals surface area contributed by atoms with Crippen molar-refractivity contribution in [1.29, 1.82) is 0 Å². The Labute approximate surface area is 189 Å². The molecule has 0 saturated carbocycles. The quantitative estimate of drug-likeness (QED) is 0.666. The maximum Gasteiger partial charge on any atom is 0.224 e. The molecule has 0 aliphatic carbocycles. The molecular formula is C21H30Cl2N4O3. The number of nitrogens with one attached hydrogen (secondary N) is 1. The van der Waals surface area contributed by atoms with Crippen LogP contribution in [0.4, 0.5) is 0 Å². The molecule has 3 rings (SSSR count). The molecule has 2 amide bonds. The first kappa shape index (κ1) is 25.9. The van der Waals surface area contributed by atoms with Crippen molar-refractivity contribution in [2.45, 2.75) is 32.6 Å². The third kappa shape index (κ3) is 7.00. The predicted molar refractivity (Wildman–Crippen MR) is 121 cm³/mol. The smallest absolute Gasteiger partial charge is 0.224 e. The number of likely N-dealkylation sites (tertiary alicyclic amines) is 1. The Morgan fingerprint density at radius 1 is 1.27 bits per heavy atom. The lowest BCUT2D eigenvalue weighted by Gasteiger charge is -2.32. The van der Waals surface area contributed by atoms with Crippen LogP contribution in [0.5, 0.6) is 0 Å². The van der Waals surface area contributed by atoms with Gasteiger partial charge in [0.05, 0.1) is 12.1 Å². The Morgan fingerprint density at radius 2 is 2.00 bits per heavy atom. The molecule has 2 heterocycles. The van der Waals surface area contributed by atoms with E-state index in [1.807, 2.05) is 31.2 Å². The summed E-state index contributed by atoms with van der Waals surface area (Å²) < 4.78 is 5.79. The SMILES string of the molecule is Cc1ccc(-c2cnc(CCC(=O)N3CCCC(C(=O)NCCN)C3)o2)cc1.Cl.Cl. The van der Waals surface area contributed by atoms with E-state index in [1.165, 1.54) is 5.56 Å². The topological polar surface area (TPSA) is 101 Å². The number of carbonyl (C=O) groups excluding carboxylic acids is 2. The zero-order valence-electron chi connectivity index (χ0n) is 17.1. The molecule has 0 bridgehead atoms. The highest BCUT2D eigenvalue weighted by Gasteiger charge is 2.28. The van der Waals surface area contributed by atoms with E-state index in [1.54, 1.807) is 11.1 Å². The Bertz CT molecular complexity index is 811. The average Bonchev–Trinajstić information content (AvgIpc) is 3.20. The first-order valence-corrected chi connectivity index (χ1v) is 9.84. The summed E-state index contributed by atoms with van der Waals surface area (Å²) in [5, 5.41) is 2.81. The van der Waals surface area contributed by atoms with Crippen LogP contribution in [-0.2, 0) is 16.0 Å². The minimum atomic E-state index is -0.154. The number of aryl methyl sites for hydroxylation is 2. The van der Waals surface area contributed by atoms with Crippen molar-refractivity contribution in [2.75, 3.05) is 26.2 Å². The first-order chi connectivity index (χ1) is 13.6. The summed E-state index contributed by atoms with van der Waals surface area (Å²) in [5.41, 5.74) is 7.58. The zero-order chi connectivity index (χ0) is 19.9. The van der Waals surface area contributed by atoms with E-state index in [-0.39, 0.29) is 42.5 Å². The molecule has 1 fully saturated rings. The van der Waals surface area contributed by atoms with Crippen LogP contribution in [0.1, 0.15) is 30.7 Å². The lowest BCUT2D eigenvalue weighted by atomic mass is 9.96. The highest BCUT2D eigenvalue weighted by atomic mass is 35.5. The summed E-state index contributed by atoms with van der Waals surface area (Å²) in [5.74, 6) is 1.12. The van der Waals surface area contributed by atoms with Gasteiger partial charge in [0, 0.05) is 44.6 Å². The fraction of sp³-hybridized carbons (Fsp3) is 0.476. The summed E-state index contributed by atoms with van der Waals surface area (Å²) in [6.07, 6.45) is 4.11. The Morgan fingerprint density at radius 3 is 2.70 bits per heavy atom. The van der Waals surface area contributed by atoms with Gasteiger partial charge in [-0.3, -0.25) is 9.59 Å². The van der Waals surface area contributed by atoms with Crippen LogP contribution in [0.15, 0.2) is 34.9 Å². The van der Waals surface area contributed by atoms with Crippen molar-refractivity contribution in [3.05, 3.63) is 41.9 Å². The number of benzene rings is 1. The third-order valence-electron chi connectivity index (χ3n) is 5.03. The van der Waals surface area contributed by atoms with Crippen molar-refractivity contribution in [1.82, 2.24) is 15.2 Å². The van der Waals surface area contributed by atoms with Crippen LogP contribution in [0, 0.1) is 12.8 Å². The maximum absolute atomic E-state index is 12.6. The van der Waals surface area contributed by atoms with E-state index in [4.69, 9.17) is 10.2 Å². The van der Waals surface area contributed by atoms with Gasteiger partial charge in [-0.1, -0.05) is 29.8 Å². The fourth-order valence-electron chi connectivity index (χ4n) is 3.41. The average molecular weight is 457 g/mol. The first-order valence-electron chi connectivity index (χ1n) is 9.84. The van der Waals surface area contributed by atoms with E-state index in [0.717, 1.165) is 18.4 Å². The molecule has 0 radical (unpaired) electrons. The Kier molecular flexibility index (Phi) is 10.9. The molecule has 0 spiro atoms. The van der Waals surface area contributed by atoms with E-state index in [0.29, 0.717) is 50.7 Å². The number of rotatable bonds is 7. The monoisotopic (exact) mass is 456 g/mol. The van der Waals surface area contributed by atoms with Crippen molar-refractivity contribution in [3.8, 4) is 11.3 Å². The molecule has 166 valence electrons. The minimum Gasteiger partial charge on any atom is -0.441 e. The number of nitrogens with two attached hydrogens (primary N) is 1. The number of halogens is 2. The normalized spacial score (nSPS) is 15.7. The zero-order valence-corrected chi connectivity index (χ0v) is 18.8. The van der Waals surface area contributed by atoms with Gasteiger partial charge in [0.25, 0.3) is 0 Å². The van der Waals surface area contributed by atoms with E-state index in [2.05, 4.69) is 10.3 Å². The van der Waals surface area contributed by atoms with Gasteiger partial charge >= 0.3 is 0 Å². The van der Waals surface area contributed by atoms with Gasteiger partial charge in [0.1, 0.15) is 0 Å². The van der Waals surface area contributed by atoms with Crippen molar-refractivity contribution in [3.63, 3.8) is 0 Å². The molecule has 1 aliphatic heterocycles. The minimum absolute atomic E-state index is 0. The van der Waals surface area contributed by atoms with E-state index in [9.17, 15) is 9.59 Å². The highest BCUT2D eigenvalue weighted by molar-refractivity contribution is 5.85. The summed E-state index contributed by atoms with van der Waals surface area (Å²) in [4.78, 5) is 30.8. The number of nitrogens with zero attached hydrogens (tertiary/aromatic N) is 2. The van der Waals surface area contributed by atoms with Gasteiger partial charge in [-0.2, -0.15) is 0 Å². The third-order valence-corrected chi connectivity index (χ3v) is 5.03. The van der Waals surface area contributed by atoms with Crippen molar-refractivity contribution in [2.24, 2.45) is 11.7 Å². The molecule has 1 atom stereocenters. The Balaban J connectivity index is 0.00000225. The number of carbonyl (C=O) groups is 2. The molecule has 1 unspecified atom stereocenters. The lowest BCUT2D eigenvalue weighted by Crippen LogP contribution is -2.46. The van der Waals surface area contributed by atoms with Crippen LogP contribution in [0.25, 0.3) is 11.3 Å². The molecule has 1 aromatic heterocycles. The predicted octanol–water partition coefficient (Wildman–Crippen LogP) is 2.74. The van der Waals surface area contributed by atoms with Crippen molar-refractivity contribution >= 4 is 36.6 Å². The van der Waals surface area contributed by atoms with E-state index >= 15 is 0 Å². The number of piperidine rings is 1. The summed E-state index contributed by atoms with van der Waals surface area (Å²) in [6.45, 7) is 4.09. The summed E-state index contributed by atoms with van der Waals surface area (Å²) >= 11 is 0. The summed E-state index contributed by atoms with van der Waals surface area (Å²) in [7, 11) is 0. The van der Waals surface area contributed by atoms with Crippen LogP contribution >= 0.6 is 24.8 Å². The lowest BCUT2D eigenvalue weighted by molar-refractivity contribution is -0.135. The molecule has 1 aliphatic rings. The van der Waals surface area contributed by atoms with Crippen LogP contribution in [0.2, 0.25) is 0 Å². The molecule has 9 heteroatoms. The molecule has 7 nitrogen and oxygen atoms in total. The van der Waals surface area contributed by atoms with Crippen LogP contribution < -0.4 is 11.1 Å².